The molecule has 0 saturated carbocycles. The Bertz CT molecular complexity index is 282. The Kier molecular flexibility index (Phi) is 8.57. The van der Waals surface area contributed by atoms with Gasteiger partial charge in [0.25, 0.3) is 0 Å². The highest BCUT2D eigenvalue weighted by atomic mass is 32.2. The first-order valence-corrected chi connectivity index (χ1v) is 9.07. The number of hydrogen-bond donors (Lipinski definition) is 1. The zero-order valence-electron chi connectivity index (χ0n) is 13.3. The maximum absolute atomic E-state index is 12.2. The maximum atomic E-state index is 12.2. The lowest BCUT2D eigenvalue weighted by Gasteiger charge is -2.34. The summed E-state index contributed by atoms with van der Waals surface area (Å²) < 4.78 is 0. The van der Waals surface area contributed by atoms with Gasteiger partial charge in [0.05, 0.1) is 5.75 Å². The summed E-state index contributed by atoms with van der Waals surface area (Å²) in [5, 5.41) is 0. The van der Waals surface area contributed by atoms with E-state index in [-0.39, 0.29) is 6.04 Å². The third-order valence-electron chi connectivity index (χ3n) is 4.23. The minimum absolute atomic E-state index is 0.195. The fourth-order valence-corrected chi connectivity index (χ4v) is 3.54. The van der Waals surface area contributed by atoms with Crippen molar-refractivity contribution >= 4 is 17.7 Å². The predicted molar refractivity (Wildman–Crippen MR) is 88.1 cm³/mol. The summed E-state index contributed by atoms with van der Waals surface area (Å²) in [4.78, 5) is 16.6. The Balaban J connectivity index is 2.22. The van der Waals surface area contributed by atoms with E-state index in [1.54, 1.807) is 11.8 Å². The number of carbonyl (C=O) groups excluding carboxylic acids is 1. The normalized spacial score (nSPS) is 21.2. The Labute approximate surface area is 128 Å². The second-order valence-corrected chi connectivity index (χ2v) is 6.79. The first-order chi connectivity index (χ1) is 9.58. The zero-order valence-corrected chi connectivity index (χ0v) is 14.1. The number of nitrogens with zero attached hydrogens (tertiary/aromatic N) is 2. The Morgan fingerprint density at radius 3 is 2.75 bits per heavy atom. The summed E-state index contributed by atoms with van der Waals surface area (Å²) in [5.74, 6) is 2.43. The molecule has 2 atom stereocenters. The molecule has 0 aromatic heterocycles. The quantitative estimate of drug-likeness (QED) is 0.693. The number of carbonyl (C=O) groups is 1. The minimum atomic E-state index is 0.195. The van der Waals surface area contributed by atoms with Crippen LogP contribution in [0.1, 0.15) is 33.6 Å². The first kappa shape index (κ1) is 17.8. The molecule has 1 rings (SSSR count). The molecule has 2 unspecified atom stereocenters. The molecule has 1 aliphatic rings. The highest BCUT2D eigenvalue weighted by Gasteiger charge is 2.25. The van der Waals surface area contributed by atoms with Crippen LogP contribution in [0.5, 0.6) is 0 Å². The van der Waals surface area contributed by atoms with Gasteiger partial charge in [0.15, 0.2) is 0 Å². The summed E-state index contributed by atoms with van der Waals surface area (Å²) >= 11 is 1.76. The van der Waals surface area contributed by atoms with Gasteiger partial charge in [0, 0.05) is 31.4 Å². The first-order valence-electron chi connectivity index (χ1n) is 7.91. The van der Waals surface area contributed by atoms with Crippen LogP contribution >= 0.6 is 11.8 Å². The van der Waals surface area contributed by atoms with Gasteiger partial charge in [-0.2, -0.15) is 11.8 Å². The lowest BCUT2D eigenvalue weighted by Crippen LogP contribution is -2.45. The molecule has 0 aromatic carbocycles. The molecule has 0 radical (unpaired) electrons. The summed E-state index contributed by atoms with van der Waals surface area (Å²) in [6, 6.07) is 0.195. The van der Waals surface area contributed by atoms with Gasteiger partial charge in [0.2, 0.25) is 5.91 Å². The SMILES string of the molecule is CCN(CC)CCSCC(=O)N1CCCC(C(C)N)C1. The molecule has 20 heavy (non-hydrogen) atoms. The molecule has 1 heterocycles. The third kappa shape index (κ3) is 6.02. The van der Waals surface area contributed by atoms with Gasteiger partial charge < -0.3 is 15.5 Å². The number of amides is 1. The molecule has 1 amide bonds. The average molecular weight is 302 g/mol. The Hall–Kier alpha value is -0.260. The smallest absolute Gasteiger partial charge is 0.232 e. The second kappa shape index (κ2) is 9.64. The van der Waals surface area contributed by atoms with Gasteiger partial charge in [0.1, 0.15) is 0 Å². The van der Waals surface area contributed by atoms with Crippen molar-refractivity contribution < 1.29 is 4.79 Å². The van der Waals surface area contributed by atoms with E-state index in [2.05, 4.69) is 25.7 Å². The van der Waals surface area contributed by atoms with Crippen molar-refractivity contribution in [3.05, 3.63) is 0 Å². The van der Waals surface area contributed by atoms with E-state index in [4.69, 9.17) is 5.73 Å². The standard InChI is InChI=1S/C15H31N3OS/c1-4-17(5-2)9-10-20-12-15(19)18-8-6-7-14(11-18)13(3)16/h13-14H,4-12,16H2,1-3H3. The van der Waals surface area contributed by atoms with Crippen molar-refractivity contribution in [3.8, 4) is 0 Å². The van der Waals surface area contributed by atoms with Crippen LogP contribution in [0.2, 0.25) is 0 Å². The van der Waals surface area contributed by atoms with Crippen molar-refractivity contribution in [1.82, 2.24) is 9.80 Å². The van der Waals surface area contributed by atoms with Crippen molar-refractivity contribution in [3.63, 3.8) is 0 Å². The number of piperidine rings is 1. The van der Waals surface area contributed by atoms with Crippen LogP contribution in [0.25, 0.3) is 0 Å². The fraction of sp³-hybridized carbons (Fsp3) is 0.933. The van der Waals surface area contributed by atoms with E-state index in [9.17, 15) is 4.79 Å². The van der Waals surface area contributed by atoms with E-state index in [1.807, 2.05) is 4.90 Å². The minimum Gasteiger partial charge on any atom is -0.342 e. The van der Waals surface area contributed by atoms with Gasteiger partial charge in [-0.15, -0.1) is 0 Å². The Morgan fingerprint density at radius 1 is 1.45 bits per heavy atom. The van der Waals surface area contributed by atoms with Crippen LogP contribution < -0.4 is 5.73 Å². The van der Waals surface area contributed by atoms with Gasteiger partial charge in [-0.1, -0.05) is 13.8 Å². The Morgan fingerprint density at radius 2 is 2.15 bits per heavy atom. The molecule has 0 aliphatic carbocycles. The summed E-state index contributed by atoms with van der Waals surface area (Å²) in [6.45, 7) is 11.4. The largest absolute Gasteiger partial charge is 0.342 e. The van der Waals surface area contributed by atoms with Crippen molar-refractivity contribution in [2.24, 2.45) is 11.7 Å². The van der Waals surface area contributed by atoms with Crippen LogP contribution in [0.15, 0.2) is 0 Å². The molecule has 4 nitrogen and oxygen atoms in total. The number of nitrogens with two attached hydrogens (primary N) is 1. The van der Waals surface area contributed by atoms with E-state index in [1.165, 1.54) is 0 Å². The molecule has 118 valence electrons. The molecule has 0 aromatic rings. The predicted octanol–water partition coefficient (Wildman–Crippen LogP) is 1.65. The van der Waals surface area contributed by atoms with Crippen LogP contribution in [0.4, 0.5) is 0 Å². The number of likely N-dealkylation sites (tertiary alicyclic amines) is 1. The third-order valence-corrected chi connectivity index (χ3v) is 5.15. The maximum Gasteiger partial charge on any atom is 0.232 e. The molecule has 1 aliphatic heterocycles. The molecule has 1 fully saturated rings. The highest BCUT2D eigenvalue weighted by Crippen LogP contribution is 2.19. The van der Waals surface area contributed by atoms with E-state index >= 15 is 0 Å². The highest BCUT2D eigenvalue weighted by molar-refractivity contribution is 7.99. The number of hydrogen-bond acceptors (Lipinski definition) is 4. The van der Waals surface area contributed by atoms with Crippen molar-refractivity contribution in [2.75, 3.05) is 44.2 Å². The molecular formula is C15H31N3OS. The number of rotatable bonds is 8. The zero-order chi connectivity index (χ0) is 15.0. The average Bonchev–Trinajstić information content (AvgIpc) is 2.47. The summed E-state index contributed by atoms with van der Waals surface area (Å²) in [6.07, 6.45) is 2.26. The van der Waals surface area contributed by atoms with Gasteiger partial charge in [-0.05, 0) is 38.8 Å². The van der Waals surface area contributed by atoms with Crippen molar-refractivity contribution in [2.45, 2.75) is 39.7 Å². The molecule has 0 spiro atoms. The summed E-state index contributed by atoms with van der Waals surface area (Å²) in [5.41, 5.74) is 5.97. The van der Waals surface area contributed by atoms with Crippen LogP contribution in [-0.4, -0.2) is 66.0 Å². The molecule has 2 N–H and O–H groups in total. The van der Waals surface area contributed by atoms with E-state index < -0.39 is 0 Å². The van der Waals surface area contributed by atoms with Crippen LogP contribution in [-0.2, 0) is 4.79 Å². The monoisotopic (exact) mass is 301 g/mol. The van der Waals surface area contributed by atoms with Crippen LogP contribution in [0, 0.1) is 5.92 Å². The lowest BCUT2D eigenvalue weighted by atomic mass is 9.92. The van der Waals surface area contributed by atoms with E-state index in [0.717, 1.165) is 51.3 Å². The lowest BCUT2D eigenvalue weighted by molar-refractivity contribution is -0.130. The molecule has 0 bridgehead atoms. The fourth-order valence-electron chi connectivity index (χ4n) is 2.65. The summed E-state index contributed by atoms with van der Waals surface area (Å²) in [7, 11) is 0. The molecule has 5 heteroatoms. The van der Waals surface area contributed by atoms with Gasteiger partial charge >= 0.3 is 0 Å². The molecule has 1 saturated heterocycles. The second-order valence-electron chi connectivity index (χ2n) is 5.68. The number of thioether (sulfide) groups is 1. The van der Waals surface area contributed by atoms with Gasteiger partial charge in [-0.25, -0.2) is 0 Å². The van der Waals surface area contributed by atoms with E-state index in [0.29, 0.717) is 17.6 Å². The van der Waals surface area contributed by atoms with Crippen LogP contribution in [0.3, 0.4) is 0 Å². The topological polar surface area (TPSA) is 49.6 Å². The van der Waals surface area contributed by atoms with Gasteiger partial charge in [-0.3, -0.25) is 4.79 Å². The van der Waals surface area contributed by atoms with Crippen molar-refractivity contribution in [1.29, 1.82) is 0 Å². The molecular weight excluding hydrogens is 270 g/mol.